The van der Waals surface area contributed by atoms with Crippen LogP contribution in [0, 0.1) is 13.8 Å². The minimum atomic E-state index is -0.0485. The second-order valence-corrected chi connectivity index (χ2v) is 7.85. The van der Waals surface area contributed by atoms with Gasteiger partial charge in [0.25, 0.3) is 5.91 Å². The van der Waals surface area contributed by atoms with Gasteiger partial charge in [-0.15, -0.1) is 0 Å². The standard InChI is InChI=1S/C21H29N7O2/c1-16-6-7-22-21(24-16)30-15-19(29)27-12-10-26(11-13-27)18-14-17(2)23-20(25-18)28-8-4-3-5-9-28/h6-7,14H,3-5,8-13,15H2,1-2H3. The summed E-state index contributed by atoms with van der Waals surface area (Å²) in [6, 6.07) is 4.06. The van der Waals surface area contributed by atoms with E-state index < -0.39 is 0 Å². The van der Waals surface area contributed by atoms with Crippen LogP contribution in [0.4, 0.5) is 11.8 Å². The Kier molecular flexibility index (Phi) is 6.25. The average molecular weight is 412 g/mol. The van der Waals surface area contributed by atoms with Crippen LogP contribution >= 0.6 is 0 Å². The second kappa shape index (κ2) is 9.23. The molecule has 0 N–H and O–H groups in total. The quantitative estimate of drug-likeness (QED) is 0.733. The zero-order valence-corrected chi connectivity index (χ0v) is 17.8. The molecule has 2 aromatic rings. The molecule has 2 aliphatic rings. The van der Waals surface area contributed by atoms with Crippen LogP contribution in [0.2, 0.25) is 0 Å². The highest BCUT2D eigenvalue weighted by atomic mass is 16.5. The molecule has 0 atom stereocenters. The Labute approximate surface area is 177 Å². The van der Waals surface area contributed by atoms with E-state index in [1.165, 1.54) is 19.3 Å². The van der Waals surface area contributed by atoms with Gasteiger partial charge in [-0.1, -0.05) is 0 Å². The van der Waals surface area contributed by atoms with Crippen molar-refractivity contribution in [2.45, 2.75) is 33.1 Å². The molecule has 0 bridgehead atoms. The first-order valence-corrected chi connectivity index (χ1v) is 10.6. The number of hydrogen-bond acceptors (Lipinski definition) is 8. The number of carbonyl (C=O) groups excluding carboxylic acids is 1. The highest BCUT2D eigenvalue weighted by molar-refractivity contribution is 5.78. The normalized spacial score (nSPS) is 17.2. The van der Waals surface area contributed by atoms with Crippen LogP contribution in [-0.4, -0.2) is 76.6 Å². The largest absolute Gasteiger partial charge is 0.453 e. The lowest BCUT2D eigenvalue weighted by Crippen LogP contribution is -2.50. The van der Waals surface area contributed by atoms with E-state index >= 15 is 0 Å². The van der Waals surface area contributed by atoms with E-state index in [9.17, 15) is 4.79 Å². The van der Waals surface area contributed by atoms with E-state index in [0.29, 0.717) is 13.1 Å². The number of anilines is 2. The molecule has 0 aliphatic carbocycles. The monoisotopic (exact) mass is 411 g/mol. The van der Waals surface area contributed by atoms with Gasteiger partial charge >= 0.3 is 6.01 Å². The predicted octanol–water partition coefficient (Wildman–Crippen LogP) is 1.60. The SMILES string of the molecule is Cc1ccnc(OCC(=O)N2CCN(c3cc(C)nc(N4CCCCC4)n3)CC2)n1. The molecule has 2 aliphatic heterocycles. The Hall–Kier alpha value is -2.97. The molecule has 2 saturated heterocycles. The fraction of sp³-hybridized carbons (Fsp3) is 0.571. The Morgan fingerprint density at radius 1 is 0.933 bits per heavy atom. The summed E-state index contributed by atoms with van der Waals surface area (Å²) in [6.07, 6.45) is 5.31. The number of amides is 1. The van der Waals surface area contributed by atoms with Crippen molar-refractivity contribution >= 4 is 17.7 Å². The minimum absolute atomic E-state index is 0.0465. The molecule has 4 heterocycles. The van der Waals surface area contributed by atoms with Crippen molar-refractivity contribution < 1.29 is 9.53 Å². The number of hydrogen-bond donors (Lipinski definition) is 0. The Morgan fingerprint density at radius 3 is 2.43 bits per heavy atom. The van der Waals surface area contributed by atoms with Gasteiger partial charge in [-0.2, -0.15) is 4.98 Å². The molecule has 4 rings (SSSR count). The summed E-state index contributed by atoms with van der Waals surface area (Å²) in [5, 5.41) is 0. The summed E-state index contributed by atoms with van der Waals surface area (Å²) in [4.78, 5) is 36.5. The van der Waals surface area contributed by atoms with Gasteiger partial charge in [0, 0.05) is 62.9 Å². The van der Waals surface area contributed by atoms with Crippen LogP contribution in [0.15, 0.2) is 18.3 Å². The van der Waals surface area contributed by atoms with Crippen molar-refractivity contribution in [2.75, 3.05) is 55.7 Å². The van der Waals surface area contributed by atoms with E-state index in [-0.39, 0.29) is 18.5 Å². The molecule has 0 aromatic carbocycles. The van der Waals surface area contributed by atoms with Crippen LogP contribution in [0.25, 0.3) is 0 Å². The van der Waals surface area contributed by atoms with Crippen molar-refractivity contribution in [1.29, 1.82) is 0 Å². The minimum Gasteiger partial charge on any atom is -0.453 e. The molecule has 9 nitrogen and oxygen atoms in total. The average Bonchev–Trinajstić information content (AvgIpc) is 2.78. The number of piperidine rings is 1. The lowest BCUT2D eigenvalue weighted by atomic mass is 10.1. The van der Waals surface area contributed by atoms with E-state index in [0.717, 1.165) is 49.3 Å². The molecule has 1 amide bonds. The third-order valence-electron chi connectivity index (χ3n) is 5.52. The zero-order valence-electron chi connectivity index (χ0n) is 17.8. The van der Waals surface area contributed by atoms with E-state index in [1.54, 1.807) is 12.3 Å². The topological polar surface area (TPSA) is 87.6 Å². The number of ether oxygens (including phenoxy) is 1. The summed E-state index contributed by atoms with van der Waals surface area (Å²) >= 11 is 0. The summed E-state index contributed by atoms with van der Waals surface area (Å²) in [5.41, 5.74) is 1.79. The van der Waals surface area contributed by atoms with Crippen molar-refractivity contribution in [2.24, 2.45) is 0 Å². The van der Waals surface area contributed by atoms with Crippen LogP contribution < -0.4 is 14.5 Å². The van der Waals surface area contributed by atoms with Crippen LogP contribution in [0.5, 0.6) is 6.01 Å². The molecule has 160 valence electrons. The number of aryl methyl sites for hydroxylation is 2. The third-order valence-corrected chi connectivity index (χ3v) is 5.52. The van der Waals surface area contributed by atoms with Crippen molar-refractivity contribution in [1.82, 2.24) is 24.8 Å². The predicted molar refractivity (Wildman–Crippen MR) is 114 cm³/mol. The molecule has 30 heavy (non-hydrogen) atoms. The lowest BCUT2D eigenvalue weighted by Gasteiger charge is -2.36. The molecular weight excluding hydrogens is 382 g/mol. The van der Waals surface area contributed by atoms with Crippen LogP contribution in [-0.2, 0) is 4.79 Å². The maximum absolute atomic E-state index is 12.5. The van der Waals surface area contributed by atoms with E-state index in [1.807, 2.05) is 24.8 Å². The molecule has 0 radical (unpaired) electrons. The van der Waals surface area contributed by atoms with Crippen molar-refractivity contribution in [3.8, 4) is 6.01 Å². The van der Waals surface area contributed by atoms with E-state index in [2.05, 4.69) is 24.8 Å². The van der Waals surface area contributed by atoms with Gasteiger partial charge in [0.2, 0.25) is 5.95 Å². The first kappa shape index (κ1) is 20.3. The molecule has 0 saturated carbocycles. The summed E-state index contributed by atoms with van der Waals surface area (Å²) in [5.74, 6) is 1.72. The number of aromatic nitrogens is 4. The smallest absolute Gasteiger partial charge is 0.317 e. The van der Waals surface area contributed by atoms with Gasteiger partial charge in [-0.05, 0) is 39.2 Å². The van der Waals surface area contributed by atoms with Gasteiger partial charge in [0.1, 0.15) is 5.82 Å². The van der Waals surface area contributed by atoms with E-state index in [4.69, 9.17) is 9.72 Å². The van der Waals surface area contributed by atoms with Crippen LogP contribution in [0.3, 0.4) is 0 Å². The van der Waals surface area contributed by atoms with Gasteiger partial charge in [0.15, 0.2) is 6.61 Å². The summed E-state index contributed by atoms with van der Waals surface area (Å²) < 4.78 is 5.46. The Morgan fingerprint density at radius 2 is 1.70 bits per heavy atom. The maximum Gasteiger partial charge on any atom is 0.317 e. The molecule has 0 spiro atoms. The highest BCUT2D eigenvalue weighted by Crippen LogP contribution is 2.21. The van der Waals surface area contributed by atoms with Gasteiger partial charge in [-0.25, -0.2) is 15.0 Å². The number of nitrogens with zero attached hydrogens (tertiary/aromatic N) is 7. The summed E-state index contributed by atoms with van der Waals surface area (Å²) in [7, 11) is 0. The Balaban J connectivity index is 1.32. The van der Waals surface area contributed by atoms with Gasteiger partial charge in [0.05, 0.1) is 0 Å². The molecule has 9 heteroatoms. The lowest BCUT2D eigenvalue weighted by molar-refractivity contribution is -0.133. The summed E-state index contributed by atoms with van der Waals surface area (Å²) in [6.45, 7) is 8.63. The molecular formula is C21H29N7O2. The zero-order chi connectivity index (χ0) is 20.9. The number of piperazine rings is 1. The van der Waals surface area contributed by atoms with Gasteiger partial charge < -0.3 is 19.4 Å². The van der Waals surface area contributed by atoms with Crippen LogP contribution in [0.1, 0.15) is 30.7 Å². The molecule has 0 unspecified atom stereocenters. The third kappa shape index (κ3) is 4.95. The highest BCUT2D eigenvalue weighted by Gasteiger charge is 2.24. The molecule has 2 aromatic heterocycles. The Bertz CT molecular complexity index is 877. The fourth-order valence-corrected chi connectivity index (χ4v) is 3.83. The maximum atomic E-state index is 12.5. The number of rotatable bonds is 5. The number of carbonyl (C=O) groups is 1. The van der Waals surface area contributed by atoms with Crippen molar-refractivity contribution in [3.63, 3.8) is 0 Å². The van der Waals surface area contributed by atoms with Gasteiger partial charge in [-0.3, -0.25) is 4.79 Å². The first-order chi connectivity index (χ1) is 14.6. The van der Waals surface area contributed by atoms with Crippen molar-refractivity contribution in [3.05, 3.63) is 29.7 Å². The second-order valence-electron chi connectivity index (χ2n) is 7.85. The molecule has 2 fully saturated rings. The first-order valence-electron chi connectivity index (χ1n) is 10.6. The fourth-order valence-electron chi connectivity index (χ4n) is 3.83.